The van der Waals surface area contributed by atoms with E-state index in [2.05, 4.69) is 6.92 Å². The van der Waals surface area contributed by atoms with Crippen LogP contribution in [0.4, 0.5) is 8.78 Å². The van der Waals surface area contributed by atoms with E-state index < -0.39 is 11.3 Å². The summed E-state index contributed by atoms with van der Waals surface area (Å²) in [6, 6.07) is 0. The van der Waals surface area contributed by atoms with Crippen molar-refractivity contribution in [2.45, 2.75) is 18.8 Å². The molecule has 0 spiro atoms. The summed E-state index contributed by atoms with van der Waals surface area (Å²) in [5.41, 5.74) is -0.747. The van der Waals surface area contributed by atoms with Crippen molar-refractivity contribution in [3.8, 4) is 0 Å². The van der Waals surface area contributed by atoms with E-state index in [9.17, 15) is 8.78 Å². The van der Waals surface area contributed by atoms with E-state index in [-0.39, 0.29) is 19.4 Å². The molecule has 1 radical (unpaired) electrons. The van der Waals surface area contributed by atoms with Crippen molar-refractivity contribution in [3.63, 3.8) is 0 Å². The summed E-state index contributed by atoms with van der Waals surface area (Å²) in [5.74, 6) is -2.56. The van der Waals surface area contributed by atoms with Gasteiger partial charge < -0.3 is 5.11 Å². The predicted molar refractivity (Wildman–Crippen MR) is 29.1 cm³/mol. The number of halogens is 2. The van der Waals surface area contributed by atoms with Gasteiger partial charge in [-0.2, -0.15) is 0 Å². The zero-order valence-corrected chi connectivity index (χ0v) is 5.03. The molecule has 1 saturated carbocycles. The van der Waals surface area contributed by atoms with Crippen LogP contribution in [0.2, 0.25) is 0 Å². The Labute approximate surface area is 52.7 Å². The van der Waals surface area contributed by atoms with Gasteiger partial charge in [0.25, 0.3) is 0 Å². The molecule has 1 N–H and O–H groups in total. The van der Waals surface area contributed by atoms with Crippen LogP contribution in [-0.4, -0.2) is 17.6 Å². The first-order valence-corrected chi connectivity index (χ1v) is 2.82. The van der Waals surface area contributed by atoms with E-state index in [1.165, 1.54) is 0 Å². The Kier molecular flexibility index (Phi) is 1.28. The molecule has 3 heteroatoms. The second kappa shape index (κ2) is 1.66. The molecule has 0 amide bonds. The zero-order chi connectivity index (χ0) is 7.12. The molecule has 1 aliphatic carbocycles. The van der Waals surface area contributed by atoms with Crippen LogP contribution in [0.3, 0.4) is 0 Å². The molecule has 1 fully saturated rings. The molecule has 0 aliphatic heterocycles. The number of hydrogen-bond donors (Lipinski definition) is 1. The lowest BCUT2D eigenvalue weighted by molar-refractivity contribution is -0.156. The van der Waals surface area contributed by atoms with Gasteiger partial charge in [0.15, 0.2) is 0 Å². The van der Waals surface area contributed by atoms with Crippen LogP contribution in [0.1, 0.15) is 12.8 Å². The zero-order valence-electron chi connectivity index (χ0n) is 5.03. The highest BCUT2D eigenvalue weighted by Crippen LogP contribution is 2.50. The number of aliphatic hydroxyl groups excluding tert-OH is 1. The SMILES string of the molecule is [CH2]C1(CO)CC(F)(F)C1. The summed E-state index contributed by atoms with van der Waals surface area (Å²) in [5, 5.41) is 8.48. The maximum Gasteiger partial charge on any atom is 0.249 e. The van der Waals surface area contributed by atoms with Crippen LogP contribution in [-0.2, 0) is 0 Å². The quantitative estimate of drug-likeness (QED) is 0.573. The number of rotatable bonds is 1. The Bertz CT molecular complexity index is 114. The van der Waals surface area contributed by atoms with Crippen LogP contribution in [0.5, 0.6) is 0 Å². The molecule has 0 heterocycles. The summed E-state index contributed by atoms with van der Waals surface area (Å²) in [6.45, 7) is 3.23. The standard InChI is InChI=1S/C6H9F2O/c1-5(4-9)2-6(7,8)3-5/h9H,1-4H2. The van der Waals surface area contributed by atoms with Gasteiger partial charge >= 0.3 is 0 Å². The second-order valence-electron chi connectivity index (χ2n) is 2.87. The van der Waals surface area contributed by atoms with Gasteiger partial charge in [0, 0.05) is 24.9 Å². The number of hydrogen-bond acceptors (Lipinski definition) is 1. The van der Waals surface area contributed by atoms with Crippen LogP contribution >= 0.6 is 0 Å². The normalized spacial score (nSPS) is 29.3. The van der Waals surface area contributed by atoms with Gasteiger partial charge in [0.2, 0.25) is 5.92 Å². The molecule has 0 saturated heterocycles. The maximum atomic E-state index is 12.1. The Hall–Kier alpha value is -0.180. The summed E-state index contributed by atoms with van der Waals surface area (Å²) in [4.78, 5) is 0. The molecule has 1 aliphatic rings. The molecule has 53 valence electrons. The van der Waals surface area contributed by atoms with Gasteiger partial charge in [-0.05, 0) is 6.92 Å². The molecule has 0 unspecified atom stereocenters. The summed E-state index contributed by atoms with van der Waals surface area (Å²) < 4.78 is 24.1. The van der Waals surface area contributed by atoms with Crippen LogP contribution in [0.15, 0.2) is 0 Å². The van der Waals surface area contributed by atoms with Crippen molar-refractivity contribution in [1.82, 2.24) is 0 Å². The van der Waals surface area contributed by atoms with E-state index in [1.54, 1.807) is 0 Å². The third kappa shape index (κ3) is 1.21. The highest BCUT2D eigenvalue weighted by molar-refractivity contribution is 5.00. The Balaban J connectivity index is 2.41. The predicted octanol–water partition coefficient (Wildman–Crippen LogP) is 1.23. The van der Waals surface area contributed by atoms with E-state index in [4.69, 9.17) is 5.11 Å². The average Bonchev–Trinajstić information content (AvgIpc) is 1.61. The van der Waals surface area contributed by atoms with E-state index in [0.29, 0.717) is 0 Å². The second-order valence-corrected chi connectivity index (χ2v) is 2.87. The molecule has 0 atom stereocenters. The summed E-state index contributed by atoms with van der Waals surface area (Å²) in [7, 11) is 0. The van der Waals surface area contributed by atoms with E-state index in [0.717, 1.165) is 0 Å². The van der Waals surface area contributed by atoms with E-state index >= 15 is 0 Å². The monoisotopic (exact) mass is 135 g/mol. The van der Waals surface area contributed by atoms with Gasteiger partial charge in [0.1, 0.15) is 0 Å². The first kappa shape index (κ1) is 6.93. The highest BCUT2D eigenvalue weighted by Gasteiger charge is 2.53. The van der Waals surface area contributed by atoms with Crippen molar-refractivity contribution in [2.75, 3.05) is 6.61 Å². The van der Waals surface area contributed by atoms with Crippen LogP contribution in [0.25, 0.3) is 0 Å². The van der Waals surface area contributed by atoms with Gasteiger partial charge in [0.05, 0.1) is 0 Å². The molecule has 1 rings (SSSR count). The van der Waals surface area contributed by atoms with E-state index in [1.807, 2.05) is 0 Å². The van der Waals surface area contributed by atoms with Gasteiger partial charge in [-0.15, -0.1) is 0 Å². The largest absolute Gasteiger partial charge is 0.396 e. The Morgan fingerprint density at radius 2 is 1.89 bits per heavy atom. The molecule has 0 aromatic rings. The fourth-order valence-electron chi connectivity index (χ4n) is 1.16. The molecule has 9 heavy (non-hydrogen) atoms. The molecule has 0 bridgehead atoms. The third-order valence-corrected chi connectivity index (χ3v) is 1.60. The molecular formula is C6H9F2O. The highest BCUT2D eigenvalue weighted by atomic mass is 19.3. The van der Waals surface area contributed by atoms with Crippen molar-refractivity contribution in [2.24, 2.45) is 5.41 Å². The first-order chi connectivity index (χ1) is 3.97. The van der Waals surface area contributed by atoms with Gasteiger partial charge in [-0.25, -0.2) is 8.78 Å². The van der Waals surface area contributed by atoms with Crippen LogP contribution in [0, 0.1) is 12.3 Å². The first-order valence-electron chi connectivity index (χ1n) is 2.82. The maximum absolute atomic E-state index is 12.1. The fraction of sp³-hybridized carbons (Fsp3) is 0.833. The Morgan fingerprint density at radius 1 is 1.44 bits per heavy atom. The lowest BCUT2D eigenvalue weighted by Crippen LogP contribution is -2.46. The van der Waals surface area contributed by atoms with Gasteiger partial charge in [-0.3, -0.25) is 0 Å². The lowest BCUT2D eigenvalue weighted by Gasteiger charge is -2.43. The lowest BCUT2D eigenvalue weighted by atomic mass is 9.68. The third-order valence-electron chi connectivity index (χ3n) is 1.60. The summed E-state index contributed by atoms with van der Waals surface area (Å²) in [6.07, 6.45) is -0.535. The molecule has 1 nitrogen and oxygen atoms in total. The topological polar surface area (TPSA) is 20.2 Å². The van der Waals surface area contributed by atoms with Gasteiger partial charge in [-0.1, -0.05) is 0 Å². The van der Waals surface area contributed by atoms with Crippen molar-refractivity contribution >= 4 is 0 Å². The molecule has 0 aromatic heterocycles. The fourth-order valence-corrected chi connectivity index (χ4v) is 1.16. The smallest absolute Gasteiger partial charge is 0.249 e. The minimum atomic E-state index is -2.56. The van der Waals surface area contributed by atoms with Crippen molar-refractivity contribution in [1.29, 1.82) is 0 Å². The molecule has 0 aromatic carbocycles. The minimum Gasteiger partial charge on any atom is -0.396 e. The number of alkyl halides is 2. The minimum absolute atomic E-state index is 0.234. The Morgan fingerprint density at radius 3 is 2.00 bits per heavy atom. The van der Waals surface area contributed by atoms with Crippen molar-refractivity contribution < 1.29 is 13.9 Å². The summed E-state index contributed by atoms with van der Waals surface area (Å²) >= 11 is 0. The molecular weight excluding hydrogens is 126 g/mol. The van der Waals surface area contributed by atoms with Crippen LogP contribution < -0.4 is 0 Å². The average molecular weight is 135 g/mol. The number of aliphatic hydroxyl groups is 1. The van der Waals surface area contributed by atoms with Crippen molar-refractivity contribution in [3.05, 3.63) is 6.92 Å².